The molecule has 64 nitrogen and oxygen atoms in total. The minimum absolute atomic E-state index is 0.0150. The Morgan fingerprint density at radius 2 is 0.526 bits per heavy atom. The maximum absolute atomic E-state index is 14.0. The van der Waals surface area contributed by atoms with E-state index in [1.807, 2.05) is 0 Å². The summed E-state index contributed by atoms with van der Waals surface area (Å²) in [7, 11) is -17.1. The van der Waals surface area contributed by atoms with Crippen molar-refractivity contribution in [2.24, 2.45) is 0 Å². The number of imidazole rings is 6. The van der Waals surface area contributed by atoms with E-state index >= 15 is 0 Å². The van der Waals surface area contributed by atoms with Gasteiger partial charge in [0.25, 0.3) is 12.9 Å². The molecule has 18 rings (SSSR count). The Hall–Kier alpha value is -11.1. The highest BCUT2D eigenvalue weighted by atomic mass is 31.2. The fourth-order valence-corrected chi connectivity index (χ4v) is 19.9. The van der Waals surface area contributed by atoms with Gasteiger partial charge in [0.2, 0.25) is 0 Å². The number of fused-ring (bicyclic) bond motifs is 6. The first-order valence-electron chi connectivity index (χ1n) is 40.0. The zero-order valence-electron chi connectivity index (χ0n) is 69.8. The van der Waals surface area contributed by atoms with E-state index in [1.165, 1.54) is 106 Å². The maximum Gasteiger partial charge on any atom is 0.472 e. The number of aliphatic hydroxyl groups excluding tert-OH is 5. The van der Waals surface area contributed by atoms with Gasteiger partial charge in [-0.3, -0.25) is 73.2 Å². The summed E-state index contributed by atoms with van der Waals surface area (Å²) in [5.74, 6) is 0.117. The average molecular weight is 1980 g/mol. The molecular weight excluding hydrogens is 1890 g/mol. The van der Waals surface area contributed by atoms with Gasteiger partial charge in [-0.15, -0.1) is 0 Å². The van der Waals surface area contributed by atoms with E-state index in [0.717, 1.165) is 19.0 Å². The number of hydrogen-bond acceptors (Lipinski definition) is 54. The van der Waals surface area contributed by atoms with Gasteiger partial charge in [-0.2, -0.15) is 0 Å². The smallest absolute Gasteiger partial charge is 0.468 e. The van der Waals surface area contributed by atoms with Gasteiger partial charge in [0.05, 0.1) is 89.8 Å². The number of nitrogens with zero attached hydrogens (tertiary/aromatic N) is 24. The first-order chi connectivity index (χ1) is 64.7. The molecule has 0 radical (unpaired) electrons. The number of nitrogen functional groups attached to an aromatic ring is 6. The van der Waals surface area contributed by atoms with Crippen LogP contribution in [0.3, 0.4) is 0 Å². The molecule has 135 heavy (non-hydrogen) atoms. The predicted molar refractivity (Wildman–Crippen MR) is 440 cm³/mol. The van der Waals surface area contributed by atoms with Crippen LogP contribution in [0.2, 0.25) is 0 Å². The van der Waals surface area contributed by atoms with Gasteiger partial charge in [0, 0.05) is 34.2 Å². The van der Waals surface area contributed by atoms with Crippen molar-refractivity contribution in [3.05, 3.63) is 75.9 Å². The molecule has 28 atom stereocenters. The zero-order chi connectivity index (χ0) is 95.4. The van der Waals surface area contributed by atoms with E-state index in [4.69, 9.17) is 123 Å². The van der Waals surface area contributed by atoms with Crippen molar-refractivity contribution in [1.29, 1.82) is 0 Å². The van der Waals surface area contributed by atoms with Gasteiger partial charge >= 0.3 is 31.3 Å². The number of aromatic nitrogens is 24. The normalized spacial score (nSPS) is 30.5. The third-order valence-electron chi connectivity index (χ3n) is 22.4. The standard InChI is InChI=1S/C34H43N15O17P2.C33H41N15O17P2/c1-57-22-14(3-4-59-13-50)62-33(48-11-45-18-27(36)39-8-42-30(18)48)24(22)65-68(55,56)61-6-16-23(58-2)25(34(64-16)49-12-46-19-28(37)40-9-43-31(19)49)66-67(53,54)60-5-15-20(51)21(52)32(63-15)47-10-44-17-26(35)38-7-41-29(17)47;1-57-22-13(2-3-58-12-49)61-33(48-11-45-18-27(36)39-8-42-30(18)48)24(22)65-67(55,56)60-5-15-20(51)23(32(63-15)47-10-44-17-26(35)38-7-41-29(17)47)64-66(53,54)59-4-14-19(50)21(52)31(62-14)46-9-43-16-25(34)37-6-40-28(16)46/h7-16,20-25,32-34,51-52H,3-6H2,1-2H3,(H,53,54)(H,55,56)(H2,35,38,41)(H2,36,39,42)(H2,37,40,43);6-15,19-24,31-33,50-52H,2-5H2,1H3,(H,53,54)(H,55,56)(H2,34,37,40)(H2,35,38,41)(H2,36,39,42)/t14-,15-,16-,20-,21-,22-,23-,24-,25-,32-,33-,34-;13-,14-,15-,19-,20-,21-,22-,23-,24-,31-,32-,33-/m11/s1. The fraction of sp³-hybridized carbons (Fsp3) is 0.522. The maximum atomic E-state index is 14.0. The number of carbonyl (C=O) groups is 2. The second-order valence-corrected chi connectivity index (χ2v) is 35.9. The largest absolute Gasteiger partial charge is 0.472 e. The Bertz CT molecular complexity index is 6490. The molecule has 0 aliphatic carbocycles. The average Bonchev–Trinajstić information content (AvgIpc) is 1.62. The van der Waals surface area contributed by atoms with Crippen LogP contribution < -0.4 is 34.4 Å². The molecule has 6 aliphatic rings. The lowest BCUT2D eigenvalue weighted by Gasteiger charge is -2.27. The number of methoxy groups -OCH3 is 3. The van der Waals surface area contributed by atoms with Crippen LogP contribution in [0.1, 0.15) is 50.2 Å². The van der Waals surface area contributed by atoms with Crippen molar-refractivity contribution in [3.63, 3.8) is 0 Å². The highest BCUT2D eigenvalue weighted by Gasteiger charge is 2.58. The number of rotatable bonds is 37. The lowest BCUT2D eigenvalue weighted by molar-refractivity contribution is -0.131. The molecule has 4 unspecified atom stereocenters. The Kier molecular flexibility index (Phi) is 27.8. The van der Waals surface area contributed by atoms with Gasteiger partial charge < -0.3 is 132 Å². The summed E-state index contributed by atoms with van der Waals surface area (Å²) in [6.07, 6.45) is -19.5. The van der Waals surface area contributed by atoms with E-state index in [0.29, 0.717) is 0 Å². The molecule has 0 spiro atoms. The number of hydrogen-bond donors (Lipinski definition) is 15. The topological polar surface area (TPSA) is 878 Å². The van der Waals surface area contributed by atoms with Crippen LogP contribution >= 0.6 is 31.3 Å². The van der Waals surface area contributed by atoms with E-state index in [9.17, 15) is 73.0 Å². The summed E-state index contributed by atoms with van der Waals surface area (Å²) in [4.78, 5) is 140. The molecule has 18 heterocycles. The van der Waals surface area contributed by atoms with Crippen molar-refractivity contribution >= 4 is 146 Å². The lowest BCUT2D eigenvalue weighted by atomic mass is 10.1. The summed E-state index contributed by atoms with van der Waals surface area (Å²) in [5.41, 5.74) is 37.5. The van der Waals surface area contributed by atoms with Gasteiger partial charge in [-0.25, -0.2) is 108 Å². The first-order valence-corrected chi connectivity index (χ1v) is 45.9. The SMILES string of the molecule is CO[C@H]1[C@@H](OP(=O)(O)OC[C@H]2O[C@@H](n3cnc4c(N)ncnc43)[C@H](OP(=O)(O)OC[C@H]3O[C@@H](n4cnc5c(N)ncnc54)[C@H](O)[C@@H]3O)[C@@H]2O)[C@H](n2cnc3c(N)ncnc32)O[C@@H]1CCOC=O.CO[C@H]1[C@@H](OP(=O)(O)OC[C@H]2O[C@@H](n3cnc4c(N)ncnc43)[C@H](OP(=O)(O)OC[C@H]3O[C@@H](n4cnc5c(N)ncnc54)[C@H](O)[C@@H]3O)[C@@H]2OC)[C@H](n2cnc3c(N)ncnc32)O[C@@H]1CCOC=O. The highest BCUT2D eigenvalue weighted by molar-refractivity contribution is 7.48. The summed E-state index contributed by atoms with van der Waals surface area (Å²) < 4.78 is 170. The minimum atomic E-state index is -5.30. The van der Waals surface area contributed by atoms with Crippen LogP contribution in [0.4, 0.5) is 34.9 Å². The number of carbonyl (C=O) groups excluding carboxylic acids is 2. The number of nitrogens with two attached hydrogens (primary N) is 6. The van der Waals surface area contributed by atoms with E-state index < -0.39 is 205 Å². The van der Waals surface area contributed by atoms with Crippen molar-refractivity contribution < 1.29 is 161 Å². The summed E-state index contributed by atoms with van der Waals surface area (Å²) >= 11 is 0. The van der Waals surface area contributed by atoms with Crippen LogP contribution in [0.5, 0.6) is 0 Å². The van der Waals surface area contributed by atoms with E-state index in [2.05, 4.69) is 89.7 Å². The number of aliphatic hydroxyl groups is 5. The van der Waals surface area contributed by atoms with Crippen LogP contribution in [0.15, 0.2) is 75.9 Å². The van der Waals surface area contributed by atoms with Crippen LogP contribution in [-0.4, -0.2) is 346 Å². The fourth-order valence-electron chi connectivity index (χ4n) is 16.2. The Morgan fingerprint density at radius 3 is 0.800 bits per heavy atom. The Labute approximate surface area is 753 Å². The van der Waals surface area contributed by atoms with Gasteiger partial charge in [-0.1, -0.05) is 0 Å². The number of ether oxygens (including phenoxy) is 11. The van der Waals surface area contributed by atoms with Crippen molar-refractivity contribution in [2.75, 3.05) is 95.4 Å². The molecule has 0 aromatic carbocycles. The quantitative estimate of drug-likeness (QED) is 0.00999. The summed E-state index contributed by atoms with van der Waals surface area (Å²) in [6.45, 7) is -3.07. The molecule has 726 valence electrons. The van der Waals surface area contributed by atoms with Crippen LogP contribution in [0.25, 0.3) is 67.0 Å². The van der Waals surface area contributed by atoms with Crippen LogP contribution in [0, 0.1) is 0 Å². The molecule has 0 saturated carbocycles. The Balaban J connectivity index is 0.000000188. The first kappa shape index (κ1) is 95.6. The second kappa shape index (κ2) is 39.2. The molecule has 0 bridgehead atoms. The Morgan fingerprint density at radius 1 is 0.304 bits per heavy atom. The summed E-state index contributed by atoms with van der Waals surface area (Å²) in [5, 5.41) is 55.2. The predicted octanol–water partition coefficient (Wildman–Crippen LogP) is -4.13. The van der Waals surface area contributed by atoms with Crippen molar-refractivity contribution in [2.45, 2.75) is 160 Å². The van der Waals surface area contributed by atoms with Gasteiger partial charge in [0.1, 0.15) is 169 Å². The summed E-state index contributed by atoms with van der Waals surface area (Å²) in [6, 6.07) is 0. The monoisotopic (exact) mass is 1980 g/mol. The third kappa shape index (κ3) is 19.1. The molecular formula is C67H84N30O34P4. The highest BCUT2D eigenvalue weighted by Crippen LogP contribution is 2.57. The number of phosphoric acid groups is 4. The third-order valence-corrected chi connectivity index (χ3v) is 26.4. The molecule has 6 fully saturated rings. The molecule has 12 aromatic rings. The van der Waals surface area contributed by atoms with Crippen molar-refractivity contribution in [3.8, 4) is 0 Å². The molecule has 6 saturated heterocycles. The zero-order valence-corrected chi connectivity index (χ0v) is 73.4. The molecule has 68 heteroatoms. The minimum Gasteiger partial charge on any atom is -0.468 e. The molecule has 12 aromatic heterocycles. The second-order valence-electron chi connectivity index (χ2n) is 30.3. The van der Waals surface area contributed by atoms with Crippen molar-refractivity contribution in [1.82, 2.24) is 117 Å². The van der Waals surface area contributed by atoms with E-state index in [1.54, 1.807) is 0 Å². The molecule has 0 amide bonds. The molecule has 21 N–H and O–H groups in total. The lowest BCUT2D eigenvalue weighted by Crippen LogP contribution is -2.38. The molecule has 6 aliphatic heterocycles. The van der Waals surface area contributed by atoms with Gasteiger partial charge in [-0.05, 0) is 0 Å². The number of phosphoric ester groups is 4. The van der Waals surface area contributed by atoms with Gasteiger partial charge in [0.15, 0.2) is 106 Å². The number of anilines is 6. The van der Waals surface area contributed by atoms with Crippen LogP contribution in [-0.2, 0) is 116 Å². The van der Waals surface area contributed by atoms with E-state index in [-0.39, 0.29) is 141 Å².